The Hall–Kier alpha value is -1.22. The first kappa shape index (κ1) is 9.86. The fourth-order valence-corrected chi connectivity index (χ4v) is 0.861. The van der Waals surface area contributed by atoms with E-state index in [1.165, 1.54) is 0 Å². The first-order valence-electron chi connectivity index (χ1n) is 4.17. The van der Waals surface area contributed by atoms with Crippen LogP contribution in [0.3, 0.4) is 0 Å². The lowest BCUT2D eigenvalue weighted by molar-refractivity contribution is 0.252. The molecule has 13 heavy (non-hydrogen) atoms. The zero-order valence-electron chi connectivity index (χ0n) is 7.95. The number of phenolic OH excluding ortho intramolecular Hbond substituents is 1. The molecular formula is C10H14NO2. The van der Waals surface area contributed by atoms with E-state index in [1.807, 2.05) is 19.0 Å². The second-order valence-corrected chi connectivity index (χ2v) is 3.05. The molecule has 0 heterocycles. The summed E-state index contributed by atoms with van der Waals surface area (Å²) in [6.45, 7) is 1.40. The van der Waals surface area contributed by atoms with Gasteiger partial charge in [0.1, 0.15) is 6.61 Å². The van der Waals surface area contributed by atoms with E-state index >= 15 is 0 Å². The number of aromatic hydroxyl groups is 1. The number of hydrogen-bond donors (Lipinski definition) is 1. The van der Waals surface area contributed by atoms with Crippen molar-refractivity contribution in [1.29, 1.82) is 0 Å². The van der Waals surface area contributed by atoms with E-state index < -0.39 is 0 Å². The molecule has 1 N–H and O–H groups in total. The largest absolute Gasteiger partial charge is 0.504 e. The van der Waals surface area contributed by atoms with Gasteiger partial charge in [-0.2, -0.15) is 0 Å². The van der Waals surface area contributed by atoms with Crippen LogP contribution in [0.15, 0.2) is 18.2 Å². The van der Waals surface area contributed by atoms with Crippen molar-refractivity contribution in [3.05, 3.63) is 24.3 Å². The fraction of sp³-hybridized carbons (Fsp3) is 0.400. The molecule has 1 radical (unpaired) electrons. The van der Waals surface area contributed by atoms with Gasteiger partial charge in [0.05, 0.1) is 0 Å². The third kappa shape index (κ3) is 3.34. The van der Waals surface area contributed by atoms with Crippen molar-refractivity contribution >= 4 is 0 Å². The molecule has 1 aromatic rings. The van der Waals surface area contributed by atoms with Crippen LogP contribution in [0.5, 0.6) is 11.5 Å². The Bertz CT molecular complexity index is 261. The lowest BCUT2D eigenvalue weighted by Gasteiger charge is -2.11. The minimum absolute atomic E-state index is 0.164. The Kier molecular flexibility index (Phi) is 3.58. The van der Waals surface area contributed by atoms with E-state index in [4.69, 9.17) is 4.74 Å². The highest BCUT2D eigenvalue weighted by molar-refractivity contribution is 5.37. The molecule has 0 aliphatic rings. The second-order valence-electron chi connectivity index (χ2n) is 3.05. The van der Waals surface area contributed by atoms with Crippen molar-refractivity contribution in [3.63, 3.8) is 0 Å². The molecule has 0 aromatic heterocycles. The number of hydrogen-bond acceptors (Lipinski definition) is 3. The molecule has 0 unspecified atom stereocenters. The van der Waals surface area contributed by atoms with Gasteiger partial charge in [0, 0.05) is 6.54 Å². The highest BCUT2D eigenvalue weighted by Crippen LogP contribution is 2.23. The van der Waals surface area contributed by atoms with Crippen molar-refractivity contribution < 1.29 is 9.84 Å². The van der Waals surface area contributed by atoms with Crippen molar-refractivity contribution in [2.75, 3.05) is 27.2 Å². The van der Waals surface area contributed by atoms with Crippen molar-refractivity contribution in [2.24, 2.45) is 0 Å². The summed E-state index contributed by atoms with van der Waals surface area (Å²) in [5, 5.41) is 9.32. The third-order valence-electron chi connectivity index (χ3n) is 1.60. The fourth-order valence-electron chi connectivity index (χ4n) is 0.861. The SMILES string of the molecule is CN(C)CCOc1c[c]ccc1O. The van der Waals surface area contributed by atoms with Crippen molar-refractivity contribution in [3.8, 4) is 11.5 Å². The minimum Gasteiger partial charge on any atom is -0.504 e. The monoisotopic (exact) mass is 180 g/mol. The molecule has 1 aromatic carbocycles. The summed E-state index contributed by atoms with van der Waals surface area (Å²) >= 11 is 0. The molecule has 0 bridgehead atoms. The first-order valence-corrected chi connectivity index (χ1v) is 4.17. The molecule has 3 nitrogen and oxygen atoms in total. The highest BCUT2D eigenvalue weighted by Gasteiger charge is 1.99. The summed E-state index contributed by atoms with van der Waals surface area (Å²) in [6, 6.07) is 7.68. The van der Waals surface area contributed by atoms with Gasteiger partial charge in [-0.1, -0.05) is 6.07 Å². The van der Waals surface area contributed by atoms with Gasteiger partial charge >= 0.3 is 0 Å². The summed E-state index contributed by atoms with van der Waals surface area (Å²) in [4.78, 5) is 2.02. The highest BCUT2D eigenvalue weighted by atomic mass is 16.5. The van der Waals surface area contributed by atoms with Crippen LogP contribution in [-0.2, 0) is 0 Å². The van der Waals surface area contributed by atoms with Crippen LogP contribution >= 0.6 is 0 Å². The summed E-state index contributed by atoms with van der Waals surface area (Å²) in [5.41, 5.74) is 0. The zero-order chi connectivity index (χ0) is 9.68. The van der Waals surface area contributed by atoms with Gasteiger partial charge in [-0.3, -0.25) is 0 Å². The molecule has 1 rings (SSSR count). The van der Waals surface area contributed by atoms with E-state index in [-0.39, 0.29) is 5.75 Å². The van der Waals surface area contributed by atoms with Gasteiger partial charge in [0.2, 0.25) is 0 Å². The maximum Gasteiger partial charge on any atom is 0.161 e. The number of rotatable bonds is 4. The van der Waals surface area contributed by atoms with Gasteiger partial charge in [0.15, 0.2) is 11.5 Å². The summed E-state index contributed by atoms with van der Waals surface area (Å²) in [7, 11) is 3.95. The molecule has 0 aliphatic heterocycles. The summed E-state index contributed by atoms with van der Waals surface area (Å²) in [6.07, 6.45) is 0. The predicted octanol–water partition coefficient (Wildman–Crippen LogP) is 1.13. The van der Waals surface area contributed by atoms with Gasteiger partial charge in [-0.15, -0.1) is 0 Å². The topological polar surface area (TPSA) is 32.7 Å². The second kappa shape index (κ2) is 4.72. The predicted molar refractivity (Wildman–Crippen MR) is 51.0 cm³/mol. The number of nitrogens with zero attached hydrogens (tertiary/aromatic N) is 1. The van der Waals surface area contributed by atoms with Crippen LogP contribution in [0, 0.1) is 6.07 Å². The average Bonchev–Trinajstić information content (AvgIpc) is 2.08. The molecule has 0 amide bonds. The van der Waals surface area contributed by atoms with Crippen LogP contribution in [0.4, 0.5) is 0 Å². The van der Waals surface area contributed by atoms with E-state index in [0.717, 1.165) is 6.54 Å². The van der Waals surface area contributed by atoms with Gasteiger partial charge < -0.3 is 14.7 Å². The van der Waals surface area contributed by atoms with E-state index in [1.54, 1.807) is 18.2 Å². The van der Waals surface area contributed by atoms with Crippen LogP contribution < -0.4 is 4.74 Å². The van der Waals surface area contributed by atoms with Crippen LogP contribution in [-0.4, -0.2) is 37.3 Å². The maximum absolute atomic E-state index is 9.32. The lowest BCUT2D eigenvalue weighted by Crippen LogP contribution is -2.19. The quantitative estimate of drug-likeness (QED) is 0.754. The van der Waals surface area contributed by atoms with E-state index in [2.05, 4.69) is 6.07 Å². The van der Waals surface area contributed by atoms with E-state index in [9.17, 15) is 5.11 Å². The standard InChI is InChI=1S/C10H14NO2/c1-11(2)7-8-13-10-6-4-3-5-9(10)12/h3,5-6,12H,7-8H2,1-2H3. The van der Waals surface area contributed by atoms with Gasteiger partial charge in [-0.25, -0.2) is 0 Å². The number of ether oxygens (including phenoxy) is 1. The molecule has 0 spiro atoms. The normalized spacial score (nSPS) is 10.4. The zero-order valence-corrected chi connectivity index (χ0v) is 7.95. The number of phenols is 1. The molecule has 0 saturated carbocycles. The Morgan fingerprint density at radius 3 is 2.92 bits per heavy atom. The van der Waals surface area contributed by atoms with E-state index in [0.29, 0.717) is 12.4 Å². The molecule has 0 fully saturated rings. The molecule has 0 saturated heterocycles. The van der Waals surface area contributed by atoms with Crippen LogP contribution in [0.25, 0.3) is 0 Å². The smallest absolute Gasteiger partial charge is 0.161 e. The molecular weight excluding hydrogens is 166 g/mol. The van der Waals surface area contributed by atoms with Gasteiger partial charge in [-0.05, 0) is 32.3 Å². The average molecular weight is 180 g/mol. The number of likely N-dealkylation sites (N-methyl/N-ethyl adjacent to an activating group) is 1. The van der Waals surface area contributed by atoms with Crippen LogP contribution in [0.1, 0.15) is 0 Å². The minimum atomic E-state index is 0.164. The maximum atomic E-state index is 9.32. The third-order valence-corrected chi connectivity index (χ3v) is 1.60. The van der Waals surface area contributed by atoms with Crippen molar-refractivity contribution in [1.82, 2.24) is 4.90 Å². The Balaban J connectivity index is 2.41. The molecule has 0 aliphatic carbocycles. The summed E-state index contributed by atoms with van der Waals surface area (Å²) in [5.74, 6) is 0.654. The molecule has 3 heteroatoms. The Labute approximate surface area is 78.6 Å². The molecule has 0 atom stereocenters. The summed E-state index contributed by atoms with van der Waals surface area (Å²) < 4.78 is 5.32. The number of benzene rings is 1. The lowest BCUT2D eigenvalue weighted by atomic mass is 10.3. The van der Waals surface area contributed by atoms with Crippen LogP contribution in [0.2, 0.25) is 0 Å². The van der Waals surface area contributed by atoms with Crippen molar-refractivity contribution in [2.45, 2.75) is 0 Å². The Morgan fingerprint density at radius 2 is 2.31 bits per heavy atom. The van der Waals surface area contributed by atoms with Gasteiger partial charge in [0.25, 0.3) is 0 Å². The Morgan fingerprint density at radius 1 is 1.54 bits per heavy atom. The first-order chi connectivity index (χ1) is 6.20. The molecule has 71 valence electrons.